The maximum Gasteiger partial charge on any atom is 0.232 e. The first-order chi connectivity index (χ1) is 11.2. The van der Waals surface area contributed by atoms with Crippen molar-refractivity contribution >= 4 is 34.5 Å². The molecule has 1 aromatic heterocycles. The maximum absolute atomic E-state index is 12.7. The fraction of sp³-hybridized carbons (Fsp3) is 0.133. The van der Waals surface area contributed by atoms with E-state index in [-0.39, 0.29) is 12.4 Å². The molecule has 0 radical (unpaired) electrons. The van der Waals surface area contributed by atoms with Gasteiger partial charge in [-0.25, -0.2) is 0 Å². The second-order valence-corrected chi connectivity index (χ2v) is 6.23. The minimum atomic E-state index is -0.810. The van der Waals surface area contributed by atoms with Crippen molar-refractivity contribution < 1.29 is 14.3 Å². The minimum absolute atomic E-state index is 0.160. The molecule has 1 aromatic carbocycles. The molecule has 23 heavy (non-hydrogen) atoms. The topological polar surface area (TPSA) is 76.2 Å². The normalized spacial score (nSPS) is 18.3. The van der Waals surface area contributed by atoms with Crippen LogP contribution in [0.15, 0.2) is 48.7 Å². The lowest BCUT2D eigenvalue weighted by Gasteiger charge is -2.27. The van der Waals surface area contributed by atoms with E-state index in [0.29, 0.717) is 26.0 Å². The Balaban J connectivity index is 1.91. The molecule has 0 saturated heterocycles. The highest BCUT2D eigenvalue weighted by molar-refractivity contribution is 7.73. The Hall–Kier alpha value is -2.29. The fourth-order valence-electron chi connectivity index (χ4n) is 2.04. The van der Waals surface area contributed by atoms with Crippen LogP contribution in [0.2, 0.25) is 0 Å². The van der Waals surface area contributed by atoms with Gasteiger partial charge in [-0.05, 0) is 24.4 Å². The van der Waals surface area contributed by atoms with Crippen LogP contribution in [0, 0.1) is 3.95 Å². The molecular weight excluding hydrogens is 334 g/mol. The number of aromatic amines is 1. The van der Waals surface area contributed by atoms with Crippen LogP contribution in [-0.2, 0) is 4.74 Å². The van der Waals surface area contributed by atoms with Crippen molar-refractivity contribution in [3.63, 3.8) is 0 Å². The molecule has 1 atom stereocenters. The number of hydrogen-bond acceptors (Lipinski definition) is 7. The summed E-state index contributed by atoms with van der Waals surface area (Å²) < 4.78 is 11.9. The number of para-hydroxylation sites is 1. The van der Waals surface area contributed by atoms with Crippen LogP contribution in [0.1, 0.15) is 10.4 Å². The predicted octanol–water partition coefficient (Wildman–Crippen LogP) is 3.30. The molecular formula is C15H13N3O3S2. The summed E-state index contributed by atoms with van der Waals surface area (Å²) in [6.07, 6.45) is 2.32. The van der Waals surface area contributed by atoms with Gasteiger partial charge in [0.2, 0.25) is 11.4 Å². The molecule has 118 valence electrons. The number of carbonyl (C=O) groups is 1. The summed E-state index contributed by atoms with van der Waals surface area (Å²) in [6.45, 7) is 3.87. The lowest BCUT2D eigenvalue weighted by Crippen LogP contribution is -2.33. The van der Waals surface area contributed by atoms with Gasteiger partial charge in [-0.2, -0.15) is 0 Å². The lowest BCUT2D eigenvalue weighted by atomic mass is 10.00. The van der Waals surface area contributed by atoms with Gasteiger partial charge < -0.3 is 14.8 Å². The number of nitrogens with one attached hydrogen (secondary N) is 2. The number of H-pyrrole nitrogens is 1. The van der Waals surface area contributed by atoms with Crippen LogP contribution in [0.3, 0.4) is 0 Å². The van der Waals surface area contributed by atoms with Crippen LogP contribution >= 0.6 is 23.6 Å². The maximum atomic E-state index is 12.7. The molecule has 6 nitrogen and oxygen atoms in total. The summed E-state index contributed by atoms with van der Waals surface area (Å²) in [6, 6.07) is 7.05. The van der Waals surface area contributed by atoms with Crippen molar-refractivity contribution in [1.82, 2.24) is 10.2 Å². The van der Waals surface area contributed by atoms with E-state index in [1.807, 2.05) is 0 Å². The number of ketones is 1. The Kier molecular flexibility index (Phi) is 4.65. The number of Topliss-reactive ketones (excluding diaryl/α,β-unsaturated/α-hetero) is 1. The van der Waals surface area contributed by atoms with Crippen molar-refractivity contribution in [1.29, 1.82) is 0 Å². The Bertz CT molecular complexity index is 825. The van der Waals surface area contributed by atoms with Crippen molar-refractivity contribution in [3.05, 3.63) is 58.2 Å². The highest BCUT2D eigenvalue weighted by Crippen LogP contribution is 2.31. The van der Waals surface area contributed by atoms with Gasteiger partial charge in [0.15, 0.2) is 9.74 Å². The van der Waals surface area contributed by atoms with Crippen molar-refractivity contribution in [2.24, 2.45) is 0 Å². The largest absolute Gasteiger partial charge is 0.460 e. The highest BCUT2D eigenvalue weighted by Gasteiger charge is 2.32. The van der Waals surface area contributed by atoms with Gasteiger partial charge in [-0.3, -0.25) is 9.89 Å². The molecule has 8 heteroatoms. The molecule has 0 spiro atoms. The third kappa shape index (κ3) is 3.39. The number of aromatic nitrogens is 2. The molecule has 0 amide bonds. The third-order valence-electron chi connectivity index (χ3n) is 3.04. The van der Waals surface area contributed by atoms with E-state index in [1.165, 1.54) is 17.5 Å². The zero-order valence-corrected chi connectivity index (χ0v) is 13.6. The van der Waals surface area contributed by atoms with E-state index < -0.39 is 6.29 Å². The Morgan fingerprint density at radius 3 is 3.09 bits per heavy atom. The first kappa shape index (κ1) is 15.6. The van der Waals surface area contributed by atoms with Crippen LogP contribution in [0.25, 0.3) is 0 Å². The Morgan fingerprint density at radius 1 is 1.52 bits per heavy atom. The average Bonchev–Trinajstić information content (AvgIpc) is 2.97. The molecule has 0 aliphatic carbocycles. The molecule has 3 rings (SSSR count). The summed E-state index contributed by atoms with van der Waals surface area (Å²) in [5, 5.41) is 10.1. The molecule has 0 unspecified atom stereocenters. The number of rotatable bonds is 5. The van der Waals surface area contributed by atoms with Crippen molar-refractivity contribution in [3.8, 4) is 5.75 Å². The highest BCUT2D eigenvalue weighted by atomic mass is 32.1. The van der Waals surface area contributed by atoms with Gasteiger partial charge in [0.25, 0.3) is 0 Å². The smallest absolute Gasteiger partial charge is 0.232 e. The lowest BCUT2D eigenvalue weighted by molar-refractivity contribution is -0.0444. The van der Waals surface area contributed by atoms with Crippen LogP contribution < -0.4 is 10.1 Å². The first-order valence-corrected chi connectivity index (χ1v) is 7.96. The second kappa shape index (κ2) is 6.86. The Labute approximate surface area is 141 Å². The summed E-state index contributed by atoms with van der Waals surface area (Å²) in [5.74, 6) is 0.340. The van der Waals surface area contributed by atoms with Crippen molar-refractivity contribution in [2.45, 2.75) is 6.29 Å². The monoisotopic (exact) mass is 347 g/mol. The van der Waals surface area contributed by atoms with Crippen LogP contribution in [0.5, 0.6) is 5.75 Å². The van der Waals surface area contributed by atoms with Gasteiger partial charge in [0.05, 0.1) is 17.7 Å². The van der Waals surface area contributed by atoms with Gasteiger partial charge in [-0.15, -0.1) is 11.7 Å². The number of carbonyl (C=O) groups excluding carboxylic acids is 1. The molecule has 2 N–H and O–H groups in total. The zero-order chi connectivity index (χ0) is 16.2. The molecule has 1 aliphatic heterocycles. The van der Waals surface area contributed by atoms with Gasteiger partial charge in [0, 0.05) is 6.20 Å². The van der Waals surface area contributed by atoms with Gasteiger partial charge in [-0.1, -0.05) is 29.5 Å². The van der Waals surface area contributed by atoms with E-state index in [4.69, 9.17) is 21.7 Å². The third-order valence-corrected chi connectivity index (χ3v) is 4.06. The fourth-order valence-corrected chi connectivity index (χ4v) is 2.80. The van der Waals surface area contributed by atoms with Crippen LogP contribution in [-0.4, -0.2) is 28.9 Å². The summed E-state index contributed by atoms with van der Waals surface area (Å²) in [4.78, 5) is 12.7. The number of hydrogen-bond donors (Lipinski definition) is 2. The molecule has 1 aliphatic rings. The van der Waals surface area contributed by atoms with E-state index in [1.54, 1.807) is 30.3 Å². The molecule has 2 heterocycles. The summed E-state index contributed by atoms with van der Waals surface area (Å²) in [7, 11) is 0. The average molecular weight is 347 g/mol. The second-order valence-electron chi connectivity index (χ2n) is 4.56. The van der Waals surface area contributed by atoms with E-state index >= 15 is 0 Å². The van der Waals surface area contributed by atoms with E-state index in [9.17, 15) is 4.79 Å². The van der Waals surface area contributed by atoms with Gasteiger partial charge in [0.1, 0.15) is 5.75 Å². The molecule has 0 bridgehead atoms. The van der Waals surface area contributed by atoms with Crippen molar-refractivity contribution in [2.75, 3.05) is 11.9 Å². The zero-order valence-electron chi connectivity index (χ0n) is 11.9. The SMILES string of the molecule is C=CCO[C@H]1Oc2ccccc2C(=O)/C1=C/Nc1n[nH]c(=S)s1. The standard InChI is InChI=1S/C15H13N3O3S2/c1-2-7-20-13-10(8-16-14-17-18-15(22)23-14)12(19)9-5-3-4-6-11(9)21-13/h2-6,8,13H,1,7H2,(H,16,17)(H,18,22)/b10-8-/t13-/m0/s1. The number of fused-ring (bicyclic) bond motifs is 1. The Morgan fingerprint density at radius 2 is 2.35 bits per heavy atom. The first-order valence-electron chi connectivity index (χ1n) is 6.74. The number of benzene rings is 1. The number of nitrogens with zero attached hydrogens (tertiary/aromatic N) is 1. The summed E-state index contributed by atoms with van der Waals surface area (Å²) >= 11 is 6.24. The minimum Gasteiger partial charge on any atom is -0.460 e. The summed E-state index contributed by atoms with van der Waals surface area (Å²) in [5.41, 5.74) is 0.848. The van der Waals surface area contributed by atoms with E-state index in [2.05, 4.69) is 22.1 Å². The number of ether oxygens (including phenoxy) is 2. The molecule has 0 fully saturated rings. The predicted molar refractivity (Wildman–Crippen MR) is 90.3 cm³/mol. The van der Waals surface area contributed by atoms with Crippen LogP contribution in [0.4, 0.5) is 5.13 Å². The molecule has 0 saturated carbocycles. The van der Waals surface area contributed by atoms with Gasteiger partial charge >= 0.3 is 0 Å². The molecule has 2 aromatic rings. The number of anilines is 1. The van der Waals surface area contributed by atoms with E-state index in [0.717, 1.165) is 0 Å². The quantitative estimate of drug-likeness (QED) is 0.491.